The number of Topliss-reactive ketones (excluding diaryl/α,β-unsaturated/α-hetero) is 1. The van der Waals surface area contributed by atoms with Crippen LogP contribution in [0.5, 0.6) is 0 Å². The molecule has 1 fully saturated rings. The van der Waals surface area contributed by atoms with Crippen LogP contribution in [0.1, 0.15) is 34.6 Å². The molecule has 0 radical (unpaired) electrons. The molecule has 0 saturated carbocycles. The summed E-state index contributed by atoms with van der Waals surface area (Å²) in [7, 11) is 0. The monoisotopic (exact) mass is 324 g/mol. The molecule has 2 aliphatic rings. The van der Waals surface area contributed by atoms with Crippen molar-refractivity contribution in [1.29, 1.82) is 0 Å². The van der Waals surface area contributed by atoms with Gasteiger partial charge in [-0.2, -0.15) is 0 Å². The van der Waals surface area contributed by atoms with Gasteiger partial charge in [-0.25, -0.2) is 15.0 Å². The third-order valence-electron chi connectivity index (χ3n) is 4.85. The van der Waals surface area contributed by atoms with Gasteiger partial charge in [0.1, 0.15) is 13.1 Å². The Hall–Kier alpha value is -2.50. The van der Waals surface area contributed by atoms with Crippen molar-refractivity contribution in [3.05, 3.63) is 41.3 Å². The highest BCUT2D eigenvalue weighted by Crippen LogP contribution is 2.24. The van der Waals surface area contributed by atoms with E-state index in [2.05, 4.69) is 25.8 Å². The minimum atomic E-state index is 0.199. The molecule has 2 aromatic rings. The minimum Gasteiger partial charge on any atom is -0.333 e. The maximum Gasteiger partial charge on any atom is 0.274 e. The number of hydrogen-bond acceptors (Lipinski definition) is 5. The van der Waals surface area contributed by atoms with Gasteiger partial charge in [0.15, 0.2) is 5.78 Å². The van der Waals surface area contributed by atoms with E-state index in [1.807, 2.05) is 25.3 Å². The van der Waals surface area contributed by atoms with E-state index in [4.69, 9.17) is 4.98 Å². The Morgan fingerprint density at radius 1 is 1.04 bits per heavy atom. The van der Waals surface area contributed by atoms with E-state index in [0.717, 1.165) is 67.7 Å². The zero-order chi connectivity index (χ0) is 16.5. The normalized spacial score (nSPS) is 17.8. The summed E-state index contributed by atoms with van der Waals surface area (Å²) in [6, 6.07) is 6.14. The molecular weight excluding hydrogens is 302 g/mol. The Bertz CT molecular complexity index is 754. The fourth-order valence-electron chi connectivity index (χ4n) is 3.57. The highest BCUT2D eigenvalue weighted by atomic mass is 16.1. The van der Waals surface area contributed by atoms with E-state index >= 15 is 0 Å². The number of hydrogen-bond donors (Lipinski definition) is 0. The number of nitrogens with zero attached hydrogens (tertiary/aromatic N) is 4. The van der Waals surface area contributed by atoms with Gasteiger partial charge in [-0.05, 0) is 25.8 Å². The van der Waals surface area contributed by atoms with Crippen molar-refractivity contribution in [2.24, 2.45) is 0 Å². The summed E-state index contributed by atoms with van der Waals surface area (Å²) in [6.07, 6.45) is 4.37. The van der Waals surface area contributed by atoms with Gasteiger partial charge in [-0.3, -0.25) is 9.69 Å². The molecule has 0 bridgehead atoms. The molecule has 1 aliphatic heterocycles. The summed E-state index contributed by atoms with van der Waals surface area (Å²) >= 11 is 0. The number of aromatic amines is 1. The van der Waals surface area contributed by atoms with Gasteiger partial charge >= 0.3 is 0 Å². The van der Waals surface area contributed by atoms with Gasteiger partial charge in [0.2, 0.25) is 5.95 Å². The Morgan fingerprint density at radius 3 is 2.58 bits per heavy atom. The van der Waals surface area contributed by atoms with Crippen molar-refractivity contribution in [2.75, 3.05) is 36.0 Å². The number of piperazine rings is 1. The first-order valence-corrected chi connectivity index (χ1v) is 8.60. The van der Waals surface area contributed by atoms with Crippen LogP contribution in [0.25, 0.3) is 0 Å². The third-order valence-corrected chi connectivity index (χ3v) is 4.85. The predicted octanol–water partition coefficient (Wildman–Crippen LogP) is 1.44. The molecule has 0 atom stereocenters. The molecule has 1 saturated heterocycles. The second kappa shape index (κ2) is 6.19. The first kappa shape index (κ1) is 15.1. The van der Waals surface area contributed by atoms with Crippen molar-refractivity contribution in [2.45, 2.75) is 26.2 Å². The maximum atomic E-state index is 12.1. The van der Waals surface area contributed by atoms with Crippen LogP contribution in [-0.2, 0) is 6.42 Å². The first-order chi connectivity index (χ1) is 11.7. The van der Waals surface area contributed by atoms with Crippen LogP contribution in [0.3, 0.4) is 0 Å². The second-order valence-corrected chi connectivity index (χ2v) is 6.43. The number of aromatic nitrogens is 3. The van der Waals surface area contributed by atoms with Crippen molar-refractivity contribution < 1.29 is 9.78 Å². The number of anilines is 2. The minimum absolute atomic E-state index is 0.199. The van der Waals surface area contributed by atoms with Gasteiger partial charge in [-0.15, -0.1) is 0 Å². The fraction of sp³-hybridized carbons (Fsp3) is 0.444. The van der Waals surface area contributed by atoms with Crippen LogP contribution in [0, 0.1) is 6.92 Å². The number of pyridine rings is 1. The Labute approximate surface area is 141 Å². The fourth-order valence-corrected chi connectivity index (χ4v) is 3.57. The van der Waals surface area contributed by atoms with E-state index in [1.165, 1.54) is 0 Å². The Morgan fingerprint density at radius 2 is 1.83 bits per heavy atom. The Kier molecular flexibility index (Phi) is 3.88. The molecule has 0 spiro atoms. The van der Waals surface area contributed by atoms with Crippen molar-refractivity contribution in [1.82, 2.24) is 9.97 Å². The third kappa shape index (κ3) is 2.72. The number of carbonyl (C=O) groups excluding carboxylic acids is 1. The zero-order valence-corrected chi connectivity index (χ0v) is 14.0. The maximum absolute atomic E-state index is 12.1. The number of H-pyrrole nitrogens is 1. The second-order valence-electron chi connectivity index (χ2n) is 6.43. The molecule has 0 aromatic carbocycles. The van der Waals surface area contributed by atoms with Crippen LogP contribution >= 0.6 is 0 Å². The zero-order valence-electron chi connectivity index (χ0n) is 14.0. The molecule has 6 nitrogen and oxygen atoms in total. The quantitative estimate of drug-likeness (QED) is 0.836. The van der Waals surface area contributed by atoms with Crippen LogP contribution in [0.4, 0.5) is 11.8 Å². The molecule has 24 heavy (non-hydrogen) atoms. The highest BCUT2D eigenvalue weighted by Gasteiger charge is 2.27. The van der Waals surface area contributed by atoms with Crippen molar-refractivity contribution in [3.8, 4) is 0 Å². The van der Waals surface area contributed by atoms with Gasteiger partial charge in [0, 0.05) is 12.5 Å². The summed E-state index contributed by atoms with van der Waals surface area (Å²) in [6.45, 7) is 5.56. The summed E-state index contributed by atoms with van der Waals surface area (Å²) < 4.78 is 0. The van der Waals surface area contributed by atoms with Gasteiger partial charge < -0.3 is 4.90 Å². The average Bonchev–Trinajstić information content (AvgIpc) is 2.62. The lowest BCUT2D eigenvalue weighted by Crippen LogP contribution is -2.48. The van der Waals surface area contributed by atoms with E-state index in [0.29, 0.717) is 6.42 Å². The summed E-state index contributed by atoms with van der Waals surface area (Å²) in [4.78, 5) is 29.3. The molecule has 6 heteroatoms. The van der Waals surface area contributed by atoms with Crippen LogP contribution in [-0.4, -0.2) is 41.9 Å². The molecular formula is C18H22N5O+. The first-order valence-electron chi connectivity index (χ1n) is 8.60. The van der Waals surface area contributed by atoms with Crippen molar-refractivity contribution in [3.63, 3.8) is 0 Å². The van der Waals surface area contributed by atoms with Gasteiger partial charge in [0.05, 0.1) is 36.2 Å². The smallest absolute Gasteiger partial charge is 0.274 e. The van der Waals surface area contributed by atoms with Gasteiger partial charge in [-0.1, -0.05) is 6.07 Å². The predicted molar refractivity (Wildman–Crippen MR) is 91.5 cm³/mol. The lowest BCUT2D eigenvalue weighted by molar-refractivity contribution is -0.364. The topological polar surface area (TPSA) is 63.5 Å². The number of carbonyl (C=O) groups is 1. The van der Waals surface area contributed by atoms with E-state index in [-0.39, 0.29) is 5.78 Å². The summed E-state index contributed by atoms with van der Waals surface area (Å²) in [5.41, 5.74) is 2.54. The lowest BCUT2D eigenvalue weighted by Gasteiger charge is -2.31. The van der Waals surface area contributed by atoms with Crippen LogP contribution in [0.15, 0.2) is 24.4 Å². The summed E-state index contributed by atoms with van der Waals surface area (Å²) in [5, 5.41) is 0. The molecule has 3 heterocycles. The molecule has 1 N–H and O–H groups in total. The number of aryl methyl sites for hydroxylation is 2. The van der Waals surface area contributed by atoms with Crippen LogP contribution in [0.2, 0.25) is 0 Å². The Balaban J connectivity index is 1.52. The van der Waals surface area contributed by atoms with Crippen LogP contribution < -0.4 is 14.8 Å². The SMILES string of the molecule is Cc1nc(N2CCN(c3cccc[nH+]3)CC2)nc2c1C(=O)CCC2. The molecule has 4 rings (SSSR count). The molecule has 0 unspecified atom stereocenters. The lowest BCUT2D eigenvalue weighted by atomic mass is 9.94. The van der Waals surface area contributed by atoms with E-state index in [9.17, 15) is 4.79 Å². The number of fused-ring (bicyclic) bond motifs is 1. The molecule has 2 aromatic heterocycles. The van der Waals surface area contributed by atoms with E-state index < -0.39 is 0 Å². The number of ketones is 1. The average molecular weight is 324 g/mol. The molecule has 1 aliphatic carbocycles. The standard InChI is InChI=1S/C18H21N5O/c1-13-17-14(5-4-6-15(17)24)21-18(20-13)23-11-9-22(10-12-23)16-7-2-3-8-19-16/h2-3,7-8H,4-6,9-12H2,1H3/p+1. The summed E-state index contributed by atoms with van der Waals surface area (Å²) in [5.74, 6) is 2.12. The largest absolute Gasteiger partial charge is 0.333 e. The highest BCUT2D eigenvalue weighted by molar-refractivity contribution is 5.99. The molecule has 0 amide bonds. The van der Waals surface area contributed by atoms with Gasteiger partial charge in [0.25, 0.3) is 5.82 Å². The number of nitrogens with one attached hydrogen (secondary N) is 1. The molecule has 124 valence electrons. The van der Waals surface area contributed by atoms with Crippen molar-refractivity contribution >= 4 is 17.5 Å². The van der Waals surface area contributed by atoms with E-state index in [1.54, 1.807) is 0 Å². The number of rotatable bonds is 2.